The van der Waals surface area contributed by atoms with Gasteiger partial charge in [-0.25, -0.2) is 0 Å². The van der Waals surface area contributed by atoms with Gasteiger partial charge in [-0.1, -0.05) is 26.2 Å². The van der Waals surface area contributed by atoms with Crippen molar-refractivity contribution in [2.24, 2.45) is 18.9 Å². The van der Waals surface area contributed by atoms with Gasteiger partial charge < -0.3 is 5.32 Å². The molecule has 3 nitrogen and oxygen atoms in total. The van der Waals surface area contributed by atoms with E-state index in [-0.39, 0.29) is 0 Å². The van der Waals surface area contributed by atoms with Crippen LogP contribution in [0, 0.1) is 11.8 Å². The van der Waals surface area contributed by atoms with E-state index in [0.29, 0.717) is 6.04 Å². The van der Waals surface area contributed by atoms with Crippen LogP contribution in [0.15, 0.2) is 6.20 Å². The monoisotopic (exact) mass is 261 g/mol. The molecule has 0 bridgehead atoms. The Labute approximate surface area is 116 Å². The van der Waals surface area contributed by atoms with Crippen LogP contribution >= 0.6 is 0 Å². The highest BCUT2D eigenvalue weighted by Crippen LogP contribution is 2.32. The number of aryl methyl sites for hydroxylation is 1. The Morgan fingerprint density at radius 2 is 2.11 bits per heavy atom. The van der Waals surface area contributed by atoms with E-state index in [1.54, 1.807) is 0 Å². The fourth-order valence-electron chi connectivity index (χ4n) is 3.91. The molecule has 1 aromatic rings. The average molecular weight is 261 g/mol. The van der Waals surface area contributed by atoms with Crippen molar-refractivity contribution in [3.05, 3.63) is 17.5 Å². The summed E-state index contributed by atoms with van der Waals surface area (Å²) in [6, 6.07) is 0.548. The van der Waals surface area contributed by atoms with Crippen LogP contribution in [0.1, 0.15) is 62.7 Å². The van der Waals surface area contributed by atoms with Gasteiger partial charge in [0.15, 0.2) is 0 Å². The van der Waals surface area contributed by atoms with Gasteiger partial charge in [0.1, 0.15) is 0 Å². The Morgan fingerprint density at radius 3 is 2.95 bits per heavy atom. The number of nitrogens with zero attached hydrogens (tertiary/aromatic N) is 2. The fourth-order valence-corrected chi connectivity index (χ4v) is 3.91. The SMILES string of the molecule is CC1CCCCC1CNC1CCCc2c1cnn2C. The first kappa shape index (κ1) is 13.2. The summed E-state index contributed by atoms with van der Waals surface area (Å²) >= 11 is 0. The maximum atomic E-state index is 4.43. The van der Waals surface area contributed by atoms with Crippen LogP contribution in [0.25, 0.3) is 0 Å². The van der Waals surface area contributed by atoms with Gasteiger partial charge in [0, 0.05) is 24.3 Å². The quantitative estimate of drug-likeness (QED) is 0.905. The number of nitrogens with one attached hydrogen (secondary N) is 1. The van der Waals surface area contributed by atoms with Gasteiger partial charge in [-0.3, -0.25) is 4.68 Å². The second kappa shape index (κ2) is 5.66. The summed E-state index contributed by atoms with van der Waals surface area (Å²) in [6.45, 7) is 3.63. The van der Waals surface area contributed by atoms with Gasteiger partial charge >= 0.3 is 0 Å². The second-order valence-electron chi connectivity index (χ2n) is 6.55. The van der Waals surface area contributed by atoms with Crippen molar-refractivity contribution >= 4 is 0 Å². The molecule has 1 fully saturated rings. The minimum atomic E-state index is 0.548. The first-order valence-electron chi connectivity index (χ1n) is 8.00. The van der Waals surface area contributed by atoms with Crippen LogP contribution in [-0.2, 0) is 13.5 Å². The molecule has 0 aliphatic heterocycles. The molecule has 0 radical (unpaired) electrons. The lowest BCUT2D eigenvalue weighted by Gasteiger charge is -2.32. The maximum absolute atomic E-state index is 4.43. The Hall–Kier alpha value is -0.830. The van der Waals surface area contributed by atoms with Gasteiger partial charge in [0.05, 0.1) is 6.20 Å². The van der Waals surface area contributed by atoms with E-state index in [2.05, 4.69) is 35.3 Å². The Morgan fingerprint density at radius 1 is 1.26 bits per heavy atom. The molecule has 2 aliphatic rings. The van der Waals surface area contributed by atoms with E-state index >= 15 is 0 Å². The van der Waals surface area contributed by atoms with Crippen molar-refractivity contribution in [2.75, 3.05) is 6.54 Å². The van der Waals surface area contributed by atoms with Crippen molar-refractivity contribution in [3.63, 3.8) is 0 Å². The Kier molecular flexibility index (Phi) is 3.92. The van der Waals surface area contributed by atoms with E-state index in [4.69, 9.17) is 0 Å². The molecule has 2 aliphatic carbocycles. The molecule has 1 saturated carbocycles. The van der Waals surface area contributed by atoms with Crippen molar-refractivity contribution in [3.8, 4) is 0 Å². The van der Waals surface area contributed by atoms with Gasteiger partial charge in [-0.15, -0.1) is 0 Å². The molecule has 1 N–H and O–H groups in total. The van der Waals surface area contributed by atoms with Crippen LogP contribution in [0.2, 0.25) is 0 Å². The van der Waals surface area contributed by atoms with Crippen LogP contribution in [0.5, 0.6) is 0 Å². The molecule has 3 atom stereocenters. The molecule has 3 unspecified atom stereocenters. The predicted molar refractivity (Wildman–Crippen MR) is 78.0 cm³/mol. The van der Waals surface area contributed by atoms with Crippen molar-refractivity contribution in [2.45, 2.75) is 57.9 Å². The van der Waals surface area contributed by atoms with E-state index in [1.807, 2.05) is 0 Å². The summed E-state index contributed by atoms with van der Waals surface area (Å²) < 4.78 is 2.06. The predicted octanol–water partition coefficient (Wildman–Crippen LogP) is 3.21. The van der Waals surface area contributed by atoms with E-state index in [0.717, 1.165) is 11.8 Å². The summed E-state index contributed by atoms with van der Waals surface area (Å²) in [7, 11) is 2.07. The fraction of sp³-hybridized carbons (Fsp3) is 0.812. The smallest absolute Gasteiger partial charge is 0.0540 e. The third-order valence-corrected chi connectivity index (χ3v) is 5.29. The van der Waals surface area contributed by atoms with Crippen molar-refractivity contribution in [1.29, 1.82) is 0 Å². The number of hydrogen-bond donors (Lipinski definition) is 1. The van der Waals surface area contributed by atoms with E-state index in [9.17, 15) is 0 Å². The third kappa shape index (κ3) is 2.71. The highest BCUT2D eigenvalue weighted by Gasteiger charge is 2.26. The zero-order chi connectivity index (χ0) is 13.2. The number of rotatable bonds is 3. The second-order valence-corrected chi connectivity index (χ2v) is 6.55. The molecule has 1 aromatic heterocycles. The lowest BCUT2D eigenvalue weighted by Crippen LogP contribution is -2.33. The van der Waals surface area contributed by atoms with Crippen LogP contribution < -0.4 is 5.32 Å². The molecule has 106 valence electrons. The summed E-state index contributed by atoms with van der Waals surface area (Å²) in [4.78, 5) is 0. The standard InChI is InChI=1S/C16H27N3/c1-12-6-3-4-7-13(12)10-17-15-8-5-9-16-14(15)11-18-19(16)2/h11-13,15,17H,3-10H2,1-2H3. The van der Waals surface area contributed by atoms with Gasteiger partial charge in [-0.05, 0) is 44.1 Å². The van der Waals surface area contributed by atoms with Crippen LogP contribution in [0.3, 0.4) is 0 Å². The lowest BCUT2D eigenvalue weighted by molar-refractivity contribution is 0.237. The highest BCUT2D eigenvalue weighted by atomic mass is 15.3. The summed E-state index contributed by atoms with van der Waals surface area (Å²) in [6.07, 6.45) is 11.6. The Bertz CT molecular complexity index is 424. The normalized spacial score (nSPS) is 31.2. The minimum Gasteiger partial charge on any atom is -0.310 e. The zero-order valence-electron chi connectivity index (χ0n) is 12.4. The minimum absolute atomic E-state index is 0.548. The highest BCUT2D eigenvalue weighted by molar-refractivity contribution is 5.24. The van der Waals surface area contributed by atoms with Crippen LogP contribution in [-0.4, -0.2) is 16.3 Å². The zero-order valence-corrected chi connectivity index (χ0v) is 12.4. The van der Waals surface area contributed by atoms with E-state index in [1.165, 1.54) is 62.7 Å². The molecule has 19 heavy (non-hydrogen) atoms. The first-order chi connectivity index (χ1) is 9.25. The van der Waals surface area contributed by atoms with Crippen molar-refractivity contribution in [1.82, 2.24) is 15.1 Å². The number of fused-ring (bicyclic) bond motifs is 1. The number of hydrogen-bond acceptors (Lipinski definition) is 2. The summed E-state index contributed by atoms with van der Waals surface area (Å²) in [5, 5.41) is 8.27. The lowest BCUT2D eigenvalue weighted by atomic mass is 9.80. The summed E-state index contributed by atoms with van der Waals surface area (Å²) in [5.41, 5.74) is 2.90. The summed E-state index contributed by atoms with van der Waals surface area (Å²) in [5.74, 6) is 1.79. The molecule has 3 rings (SSSR count). The average Bonchev–Trinajstić information content (AvgIpc) is 2.81. The molecule has 0 spiro atoms. The number of aromatic nitrogens is 2. The van der Waals surface area contributed by atoms with Gasteiger partial charge in [-0.2, -0.15) is 5.10 Å². The first-order valence-corrected chi connectivity index (χ1v) is 8.00. The molecule has 0 aromatic carbocycles. The molecule has 0 saturated heterocycles. The third-order valence-electron chi connectivity index (χ3n) is 5.29. The molecule has 0 amide bonds. The van der Waals surface area contributed by atoms with Crippen molar-refractivity contribution < 1.29 is 0 Å². The largest absolute Gasteiger partial charge is 0.310 e. The van der Waals surface area contributed by atoms with Gasteiger partial charge in [0.25, 0.3) is 0 Å². The Balaban J connectivity index is 1.61. The van der Waals surface area contributed by atoms with Gasteiger partial charge in [0.2, 0.25) is 0 Å². The maximum Gasteiger partial charge on any atom is 0.0540 e. The van der Waals surface area contributed by atoms with E-state index < -0.39 is 0 Å². The molecule has 1 heterocycles. The molecular weight excluding hydrogens is 234 g/mol. The molecular formula is C16H27N3. The molecule has 3 heteroatoms. The van der Waals surface area contributed by atoms with Crippen LogP contribution in [0.4, 0.5) is 0 Å². The topological polar surface area (TPSA) is 29.9 Å².